The summed E-state index contributed by atoms with van der Waals surface area (Å²) in [6.07, 6.45) is 2.98. The SMILES string of the molecule is CCCCCOC(=O)c1ccc(NC(=O)COc2ccc(Br)cc2Br)cc1. The van der Waals surface area contributed by atoms with Gasteiger partial charge in [0.05, 0.1) is 16.6 Å². The lowest BCUT2D eigenvalue weighted by atomic mass is 10.2. The van der Waals surface area contributed by atoms with E-state index in [1.165, 1.54) is 0 Å². The maximum Gasteiger partial charge on any atom is 0.338 e. The van der Waals surface area contributed by atoms with Gasteiger partial charge < -0.3 is 14.8 Å². The molecule has 7 heteroatoms. The van der Waals surface area contributed by atoms with E-state index < -0.39 is 0 Å². The summed E-state index contributed by atoms with van der Waals surface area (Å²) in [7, 11) is 0. The van der Waals surface area contributed by atoms with Gasteiger partial charge >= 0.3 is 5.97 Å². The van der Waals surface area contributed by atoms with Gasteiger partial charge in [-0.25, -0.2) is 4.79 Å². The zero-order valence-electron chi connectivity index (χ0n) is 15.0. The van der Waals surface area contributed by atoms with Crippen molar-refractivity contribution in [1.29, 1.82) is 0 Å². The third-order valence-electron chi connectivity index (χ3n) is 3.64. The van der Waals surface area contributed by atoms with E-state index in [2.05, 4.69) is 44.1 Å². The number of hydrogen-bond acceptors (Lipinski definition) is 4. The normalized spacial score (nSPS) is 10.3. The van der Waals surface area contributed by atoms with Gasteiger partial charge in [-0.05, 0) is 64.8 Å². The largest absolute Gasteiger partial charge is 0.483 e. The standard InChI is InChI=1S/C20H21Br2NO4/c1-2-3-4-11-26-20(25)14-5-8-16(9-6-14)23-19(24)13-27-18-10-7-15(21)12-17(18)22/h5-10,12H,2-4,11,13H2,1H3,(H,23,24). The molecule has 0 saturated carbocycles. The molecule has 0 heterocycles. The highest BCUT2D eigenvalue weighted by atomic mass is 79.9. The highest BCUT2D eigenvalue weighted by Crippen LogP contribution is 2.28. The lowest BCUT2D eigenvalue weighted by Gasteiger charge is -2.10. The van der Waals surface area contributed by atoms with Gasteiger partial charge in [0.2, 0.25) is 0 Å². The molecule has 0 unspecified atom stereocenters. The molecule has 27 heavy (non-hydrogen) atoms. The Balaban J connectivity index is 1.81. The van der Waals surface area contributed by atoms with E-state index in [9.17, 15) is 9.59 Å². The number of halogens is 2. The Labute approximate surface area is 175 Å². The molecule has 0 aliphatic heterocycles. The minimum absolute atomic E-state index is 0.124. The number of carbonyl (C=O) groups excluding carboxylic acids is 2. The van der Waals surface area contributed by atoms with Crippen LogP contribution in [0.1, 0.15) is 36.5 Å². The number of hydrogen-bond donors (Lipinski definition) is 1. The van der Waals surface area contributed by atoms with Gasteiger partial charge in [0.25, 0.3) is 5.91 Å². The number of ether oxygens (including phenoxy) is 2. The molecule has 1 N–H and O–H groups in total. The first-order valence-electron chi connectivity index (χ1n) is 8.64. The molecular formula is C20H21Br2NO4. The third kappa shape index (κ3) is 7.34. The number of amides is 1. The molecule has 0 fully saturated rings. The maximum absolute atomic E-state index is 12.0. The Morgan fingerprint density at radius 1 is 1.04 bits per heavy atom. The lowest BCUT2D eigenvalue weighted by Crippen LogP contribution is -2.20. The summed E-state index contributed by atoms with van der Waals surface area (Å²) < 4.78 is 12.4. The van der Waals surface area contributed by atoms with Crippen molar-refractivity contribution in [3.63, 3.8) is 0 Å². The van der Waals surface area contributed by atoms with Crippen molar-refractivity contribution >= 4 is 49.4 Å². The fraction of sp³-hybridized carbons (Fsp3) is 0.300. The van der Waals surface area contributed by atoms with E-state index in [1.807, 2.05) is 12.1 Å². The highest BCUT2D eigenvalue weighted by Gasteiger charge is 2.09. The van der Waals surface area contributed by atoms with Crippen molar-refractivity contribution in [2.45, 2.75) is 26.2 Å². The van der Waals surface area contributed by atoms with E-state index in [1.54, 1.807) is 30.3 Å². The molecule has 0 radical (unpaired) electrons. The minimum Gasteiger partial charge on any atom is -0.483 e. The summed E-state index contributed by atoms with van der Waals surface area (Å²) >= 11 is 6.74. The van der Waals surface area contributed by atoms with E-state index in [0.717, 1.165) is 28.2 Å². The van der Waals surface area contributed by atoms with Crippen LogP contribution < -0.4 is 10.1 Å². The van der Waals surface area contributed by atoms with Crippen molar-refractivity contribution in [2.75, 3.05) is 18.5 Å². The van der Waals surface area contributed by atoms with Crippen LogP contribution in [0.4, 0.5) is 5.69 Å². The quantitative estimate of drug-likeness (QED) is 0.362. The van der Waals surface area contributed by atoms with E-state index in [4.69, 9.17) is 9.47 Å². The van der Waals surface area contributed by atoms with Crippen LogP contribution in [0.2, 0.25) is 0 Å². The maximum atomic E-state index is 12.0. The molecule has 1 amide bonds. The molecule has 2 aromatic carbocycles. The molecule has 2 rings (SSSR count). The van der Waals surface area contributed by atoms with Crippen molar-refractivity contribution in [2.24, 2.45) is 0 Å². The van der Waals surface area contributed by atoms with Crippen LogP contribution in [-0.2, 0) is 9.53 Å². The van der Waals surface area contributed by atoms with E-state index in [-0.39, 0.29) is 18.5 Å². The Bertz CT molecular complexity index is 778. The molecule has 2 aromatic rings. The molecule has 0 atom stereocenters. The molecule has 144 valence electrons. The molecule has 0 bridgehead atoms. The molecule has 5 nitrogen and oxygen atoms in total. The summed E-state index contributed by atoms with van der Waals surface area (Å²) in [5.41, 5.74) is 1.04. The number of unbranched alkanes of at least 4 members (excludes halogenated alkanes) is 2. The first-order valence-corrected chi connectivity index (χ1v) is 10.2. The molecule has 0 aliphatic carbocycles. The molecule has 0 aromatic heterocycles. The first-order chi connectivity index (χ1) is 13.0. The van der Waals surface area contributed by atoms with Gasteiger partial charge in [0.15, 0.2) is 6.61 Å². The van der Waals surface area contributed by atoms with E-state index >= 15 is 0 Å². The minimum atomic E-state index is -0.354. The van der Waals surface area contributed by atoms with Crippen LogP contribution in [0.25, 0.3) is 0 Å². The van der Waals surface area contributed by atoms with Crippen LogP contribution in [0.15, 0.2) is 51.4 Å². The second kappa shape index (κ2) is 11.1. The Kier molecular flexibility index (Phi) is 8.81. The van der Waals surface area contributed by atoms with Crippen molar-refractivity contribution in [3.05, 3.63) is 57.0 Å². The van der Waals surface area contributed by atoms with Crippen LogP contribution in [-0.4, -0.2) is 25.1 Å². The summed E-state index contributed by atoms with van der Waals surface area (Å²) in [4.78, 5) is 24.0. The van der Waals surface area contributed by atoms with Gasteiger partial charge in [-0.1, -0.05) is 35.7 Å². The van der Waals surface area contributed by atoms with Crippen molar-refractivity contribution in [1.82, 2.24) is 0 Å². The monoisotopic (exact) mass is 497 g/mol. The summed E-state index contributed by atoms with van der Waals surface area (Å²) in [5.74, 6) is -0.0679. The van der Waals surface area contributed by atoms with Crippen LogP contribution >= 0.6 is 31.9 Å². The molecule has 0 aliphatic rings. The number of anilines is 1. The smallest absolute Gasteiger partial charge is 0.338 e. The lowest BCUT2D eigenvalue weighted by molar-refractivity contribution is -0.118. The summed E-state index contributed by atoms with van der Waals surface area (Å²) in [6, 6.07) is 12.0. The second-order valence-electron chi connectivity index (χ2n) is 5.83. The number of benzene rings is 2. The third-order valence-corrected chi connectivity index (χ3v) is 4.75. The van der Waals surface area contributed by atoms with Gasteiger partial charge in [0.1, 0.15) is 5.75 Å². The number of carbonyl (C=O) groups is 2. The first kappa shape index (κ1) is 21.4. The average Bonchev–Trinajstić information content (AvgIpc) is 2.65. The van der Waals surface area contributed by atoms with Crippen LogP contribution in [0, 0.1) is 0 Å². The summed E-state index contributed by atoms with van der Waals surface area (Å²) in [5, 5.41) is 2.73. The Morgan fingerprint density at radius 3 is 2.44 bits per heavy atom. The highest BCUT2D eigenvalue weighted by molar-refractivity contribution is 9.11. The van der Waals surface area contributed by atoms with Gasteiger partial charge in [-0.2, -0.15) is 0 Å². The van der Waals surface area contributed by atoms with E-state index in [0.29, 0.717) is 23.6 Å². The predicted octanol–water partition coefficient (Wildman–Crippen LogP) is 5.58. The van der Waals surface area contributed by atoms with Crippen LogP contribution in [0.3, 0.4) is 0 Å². The zero-order chi connectivity index (χ0) is 19.6. The van der Waals surface area contributed by atoms with Gasteiger partial charge in [-0.15, -0.1) is 0 Å². The topological polar surface area (TPSA) is 64.6 Å². The number of rotatable bonds is 9. The van der Waals surface area contributed by atoms with Gasteiger partial charge in [-0.3, -0.25) is 4.79 Å². The summed E-state index contributed by atoms with van der Waals surface area (Å²) in [6.45, 7) is 2.40. The predicted molar refractivity (Wildman–Crippen MR) is 112 cm³/mol. The fourth-order valence-corrected chi connectivity index (χ4v) is 3.38. The Morgan fingerprint density at radius 2 is 1.78 bits per heavy atom. The molecular weight excluding hydrogens is 478 g/mol. The Hall–Kier alpha value is -1.86. The van der Waals surface area contributed by atoms with Gasteiger partial charge in [0, 0.05) is 10.2 Å². The van der Waals surface area contributed by atoms with Crippen LogP contribution in [0.5, 0.6) is 5.75 Å². The van der Waals surface area contributed by atoms with Crippen molar-refractivity contribution < 1.29 is 19.1 Å². The second-order valence-corrected chi connectivity index (χ2v) is 7.60. The number of esters is 1. The zero-order valence-corrected chi connectivity index (χ0v) is 18.1. The molecule has 0 spiro atoms. The molecule has 0 saturated heterocycles. The van der Waals surface area contributed by atoms with Crippen molar-refractivity contribution in [3.8, 4) is 5.75 Å². The average molecular weight is 499 g/mol. The number of nitrogens with one attached hydrogen (secondary N) is 1. The fourth-order valence-electron chi connectivity index (χ4n) is 2.22.